The molecular formula is C18H21NO3. The second kappa shape index (κ2) is 7.07. The van der Waals surface area contributed by atoms with Crippen LogP contribution in [0.3, 0.4) is 0 Å². The van der Waals surface area contributed by atoms with Crippen LogP contribution in [0.1, 0.15) is 43.6 Å². The molecule has 0 aliphatic heterocycles. The van der Waals surface area contributed by atoms with Gasteiger partial charge in [-0.2, -0.15) is 0 Å². The number of pyridine rings is 1. The number of carbonyl (C=O) groups excluding carboxylic acids is 1. The van der Waals surface area contributed by atoms with E-state index in [1.807, 2.05) is 51.1 Å². The first kappa shape index (κ1) is 16.0. The van der Waals surface area contributed by atoms with E-state index < -0.39 is 0 Å². The van der Waals surface area contributed by atoms with Gasteiger partial charge in [-0.1, -0.05) is 6.92 Å². The number of rotatable bonds is 6. The molecule has 1 atom stereocenters. The van der Waals surface area contributed by atoms with Gasteiger partial charge in [0.15, 0.2) is 6.29 Å². The Labute approximate surface area is 130 Å². The lowest BCUT2D eigenvalue weighted by Gasteiger charge is -2.19. The van der Waals surface area contributed by atoms with Crippen molar-refractivity contribution in [2.45, 2.75) is 33.2 Å². The summed E-state index contributed by atoms with van der Waals surface area (Å²) in [6, 6.07) is 11.1. The maximum atomic E-state index is 12.5. The van der Waals surface area contributed by atoms with Crippen molar-refractivity contribution in [3.05, 3.63) is 52.3 Å². The molecule has 2 aromatic rings. The number of aldehydes is 1. The summed E-state index contributed by atoms with van der Waals surface area (Å²) in [6.45, 7) is 6.55. The predicted molar refractivity (Wildman–Crippen MR) is 87.7 cm³/mol. The van der Waals surface area contributed by atoms with Gasteiger partial charge in [0.05, 0.1) is 17.9 Å². The fraction of sp³-hybridized carbons (Fsp3) is 0.333. The van der Waals surface area contributed by atoms with Crippen molar-refractivity contribution in [2.24, 2.45) is 0 Å². The molecule has 1 aromatic heterocycles. The monoisotopic (exact) mass is 299 g/mol. The van der Waals surface area contributed by atoms with Gasteiger partial charge in [0, 0.05) is 6.04 Å². The molecule has 1 heterocycles. The Morgan fingerprint density at radius 1 is 1.14 bits per heavy atom. The summed E-state index contributed by atoms with van der Waals surface area (Å²) in [4.78, 5) is 23.5. The van der Waals surface area contributed by atoms with Crippen LogP contribution in [0.25, 0.3) is 11.3 Å². The molecule has 0 fully saturated rings. The predicted octanol–water partition coefficient (Wildman–Crippen LogP) is 3.70. The molecule has 0 aliphatic rings. The Bertz CT molecular complexity index is 701. The van der Waals surface area contributed by atoms with Crippen molar-refractivity contribution < 1.29 is 9.53 Å². The first-order valence-corrected chi connectivity index (χ1v) is 7.56. The van der Waals surface area contributed by atoms with E-state index in [1.165, 1.54) is 0 Å². The summed E-state index contributed by atoms with van der Waals surface area (Å²) in [5, 5.41) is 0. The molecular weight excluding hydrogens is 278 g/mol. The molecule has 22 heavy (non-hydrogen) atoms. The Balaban J connectivity index is 2.56. The molecule has 0 bridgehead atoms. The van der Waals surface area contributed by atoms with Gasteiger partial charge >= 0.3 is 0 Å². The average molecular weight is 299 g/mol. The SMILES string of the molecule is CCOc1ccc(-c2ccc(C=O)c(=O)n2C(C)CC)cc1. The highest BCUT2D eigenvalue weighted by atomic mass is 16.5. The highest BCUT2D eigenvalue weighted by Gasteiger charge is 2.14. The Hall–Kier alpha value is -2.36. The standard InChI is InChI=1S/C18H21NO3/c1-4-13(3)19-17(11-8-15(12-20)18(19)21)14-6-9-16(10-7-14)22-5-2/h6-13H,4-5H2,1-3H3. The summed E-state index contributed by atoms with van der Waals surface area (Å²) in [5.74, 6) is 0.799. The molecule has 0 spiro atoms. The zero-order valence-corrected chi connectivity index (χ0v) is 13.2. The minimum atomic E-state index is -0.240. The number of carbonyl (C=O) groups is 1. The number of hydrogen-bond donors (Lipinski definition) is 0. The maximum Gasteiger partial charge on any atom is 0.261 e. The van der Waals surface area contributed by atoms with E-state index in [0.29, 0.717) is 12.9 Å². The molecule has 1 unspecified atom stereocenters. The van der Waals surface area contributed by atoms with E-state index in [2.05, 4.69) is 0 Å². The van der Waals surface area contributed by atoms with Crippen LogP contribution in [0.5, 0.6) is 5.75 Å². The summed E-state index contributed by atoms with van der Waals surface area (Å²) < 4.78 is 7.13. The largest absolute Gasteiger partial charge is 0.494 e. The molecule has 2 rings (SSSR count). The molecule has 0 amide bonds. The second-order valence-corrected chi connectivity index (χ2v) is 5.18. The lowest BCUT2D eigenvalue weighted by molar-refractivity contribution is 0.112. The van der Waals surface area contributed by atoms with E-state index in [4.69, 9.17) is 4.74 Å². The number of aromatic nitrogens is 1. The molecule has 0 aliphatic carbocycles. The van der Waals surface area contributed by atoms with Gasteiger partial charge in [-0.25, -0.2) is 0 Å². The number of ether oxygens (including phenoxy) is 1. The highest BCUT2D eigenvalue weighted by molar-refractivity contribution is 5.75. The fourth-order valence-electron chi connectivity index (χ4n) is 2.40. The molecule has 116 valence electrons. The third-order valence-electron chi connectivity index (χ3n) is 3.77. The summed E-state index contributed by atoms with van der Waals surface area (Å²) >= 11 is 0. The molecule has 4 nitrogen and oxygen atoms in total. The molecule has 0 saturated carbocycles. The average Bonchev–Trinajstić information content (AvgIpc) is 2.55. The van der Waals surface area contributed by atoms with Crippen LogP contribution in [0.15, 0.2) is 41.2 Å². The lowest BCUT2D eigenvalue weighted by atomic mass is 10.1. The minimum Gasteiger partial charge on any atom is -0.494 e. The zero-order chi connectivity index (χ0) is 16.1. The van der Waals surface area contributed by atoms with E-state index in [9.17, 15) is 9.59 Å². The lowest BCUT2D eigenvalue weighted by Crippen LogP contribution is -2.27. The van der Waals surface area contributed by atoms with Crippen LogP contribution in [0, 0.1) is 0 Å². The molecule has 0 saturated heterocycles. The van der Waals surface area contributed by atoms with Crippen molar-refractivity contribution in [1.82, 2.24) is 4.57 Å². The van der Waals surface area contributed by atoms with Crippen molar-refractivity contribution in [3.8, 4) is 17.0 Å². The van der Waals surface area contributed by atoms with Crippen LogP contribution >= 0.6 is 0 Å². The van der Waals surface area contributed by atoms with Gasteiger partial charge < -0.3 is 9.30 Å². The van der Waals surface area contributed by atoms with Crippen LogP contribution in [0.2, 0.25) is 0 Å². The van der Waals surface area contributed by atoms with Crippen molar-refractivity contribution in [2.75, 3.05) is 6.61 Å². The second-order valence-electron chi connectivity index (χ2n) is 5.18. The highest BCUT2D eigenvalue weighted by Crippen LogP contribution is 2.25. The van der Waals surface area contributed by atoms with Gasteiger partial charge in [0.2, 0.25) is 0 Å². The number of nitrogens with zero attached hydrogens (tertiary/aromatic N) is 1. The third kappa shape index (κ3) is 3.11. The number of benzene rings is 1. The third-order valence-corrected chi connectivity index (χ3v) is 3.77. The maximum absolute atomic E-state index is 12.5. The first-order chi connectivity index (χ1) is 10.6. The molecule has 0 radical (unpaired) electrons. The van der Waals surface area contributed by atoms with Gasteiger partial charge in [-0.3, -0.25) is 9.59 Å². The van der Waals surface area contributed by atoms with Gasteiger partial charge in [0.25, 0.3) is 5.56 Å². The van der Waals surface area contributed by atoms with Gasteiger partial charge in [-0.05, 0) is 62.2 Å². The Morgan fingerprint density at radius 3 is 2.36 bits per heavy atom. The number of hydrogen-bond acceptors (Lipinski definition) is 3. The summed E-state index contributed by atoms with van der Waals surface area (Å²) in [7, 11) is 0. The van der Waals surface area contributed by atoms with Crippen LogP contribution < -0.4 is 10.3 Å². The Morgan fingerprint density at radius 2 is 1.82 bits per heavy atom. The van der Waals surface area contributed by atoms with Crippen LogP contribution in [-0.4, -0.2) is 17.5 Å². The van der Waals surface area contributed by atoms with Crippen LogP contribution in [0.4, 0.5) is 0 Å². The van der Waals surface area contributed by atoms with E-state index in [1.54, 1.807) is 10.6 Å². The summed E-state index contributed by atoms with van der Waals surface area (Å²) in [5.41, 5.74) is 1.69. The van der Waals surface area contributed by atoms with Gasteiger partial charge in [-0.15, -0.1) is 0 Å². The van der Waals surface area contributed by atoms with Crippen LogP contribution in [-0.2, 0) is 0 Å². The smallest absolute Gasteiger partial charge is 0.261 e. The first-order valence-electron chi connectivity index (χ1n) is 7.56. The van der Waals surface area contributed by atoms with E-state index >= 15 is 0 Å². The van der Waals surface area contributed by atoms with E-state index in [-0.39, 0.29) is 17.2 Å². The molecule has 0 N–H and O–H groups in total. The van der Waals surface area contributed by atoms with Gasteiger partial charge in [0.1, 0.15) is 5.75 Å². The normalized spacial score (nSPS) is 12.0. The summed E-state index contributed by atoms with van der Waals surface area (Å²) in [6.07, 6.45) is 1.43. The zero-order valence-electron chi connectivity index (χ0n) is 13.2. The molecule has 1 aromatic carbocycles. The van der Waals surface area contributed by atoms with Crippen molar-refractivity contribution in [3.63, 3.8) is 0 Å². The topological polar surface area (TPSA) is 48.3 Å². The fourth-order valence-corrected chi connectivity index (χ4v) is 2.40. The minimum absolute atomic E-state index is 0.0222. The Kier molecular flexibility index (Phi) is 5.15. The van der Waals surface area contributed by atoms with Crippen molar-refractivity contribution in [1.29, 1.82) is 0 Å². The quantitative estimate of drug-likeness (QED) is 0.764. The molecule has 4 heteroatoms. The van der Waals surface area contributed by atoms with Crippen molar-refractivity contribution >= 4 is 6.29 Å². The van der Waals surface area contributed by atoms with E-state index in [0.717, 1.165) is 23.4 Å².